The topological polar surface area (TPSA) is 159 Å². The third-order valence-corrected chi connectivity index (χ3v) is 7.69. The van der Waals surface area contributed by atoms with Gasteiger partial charge in [-0.15, -0.1) is 0 Å². The molecule has 1 N–H and O–H groups in total. The molecule has 0 unspecified atom stereocenters. The van der Waals surface area contributed by atoms with Crippen LogP contribution >= 0.6 is 0 Å². The molecule has 1 heterocycles. The van der Waals surface area contributed by atoms with E-state index in [0.717, 1.165) is 16.4 Å². The van der Waals surface area contributed by atoms with Crippen molar-refractivity contribution in [3.63, 3.8) is 0 Å². The maximum Gasteiger partial charge on any atom is 0.289 e. The van der Waals surface area contributed by atoms with E-state index in [-0.39, 0.29) is 11.4 Å². The molecule has 1 amide bonds. The van der Waals surface area contributed by atoms with Gasteiger partial charge in [-0.05, 0) is 43.3 Å². The van der Waals surface area contributed by atoms with Crippen LogP contribution in [0.25, 0.3) is 0 Å². The summed E-state index contributed by atoms with van der Waals surface area (Å²) in [6.07, 6.45) is 0. The summed E-state index contributed by atoms with van der Waals surface area (Å²) in [5.41, 5.74) is 2.73. The molecule has 4 rings (SSSR count). The number of nitrogens with one attached hydrogen (secondary N) is 1. The summed E-state index contributed by atoms with van der Waals surface area (Å²) in [7, 11) is -1.91. The van der Waals surface area contributed by atoms with E-state index in [2.05, 4.69) is 10.5 Å². The lowest BCUT2D eigenvalue weighted by atomic mass is 10.1. The summed E-state index contributed by atoms with van der Waals surface area (Å²) < 4.78 is 50.0. The Morgan fingerprint density at radius 1 is 1.05 bits per heavy atom. The molecule has 1 aliphatic rings. The van der Waals surface area contributed by atoms with Crippen LogP contribution in [0.15, 0.2) is 70.7 Å². The van der Waals surface area contributed by atoms with Crippen molar-refractivity contribution in [2.75, 3.05) is 38.3 Å². The summed E-state index contributed by atoms with van der Waals surface area (Å²) in [6, 6.07) is 14.3. The second-order valence-electron chi connectivity index (χ2n) is 8.36. The van der Waals surface area contributed by atoms with Crippen molar-refractivity contribution in [3.8, 4) is 23.0 Å². The van der Waals surface area contributed by atoms with Crippen LogP contribution < -0.4 is 28.7 Å². The third kappa shape index (κ3) is 5.91. The number of sulfonamides is 1. The Hall–Kier alpha value is -4.85. The normalized spacial score (nSPS) is 12.8. The van der Waals surface area contributed by atoms with E-state index in [1.807, 2.05) is 0 Å². The Bertz CT molecular complexity index is 1570. The number of fused-ring (bicyclic) bond motifs is 1. The number of benzene rings is 3. The van der Waals surface area contributed by atoms with Crippen LogP contribution in [-0.2, 0) is 14.8 Å². The van der Waals surface area contributed by atoms with Gasteiger partial charge in [0.15, 0.2) is 16.4 Å². The van der Waals surface area contributed by atoms with Crippen LogP contribution in [0.3, 0.4) is 0 Å². The predicted octanol–water partition coefficient (Wildman–Crippen LogP) is 3.12. The number of carbonyl (C=O) groups is 1. The molecular formula is C26H26N4O9S. The minimum absolute atomic E-state index is 0.0378. The van der Waals surface area contributed by atoms with Gasteiger partial charge in [0, 0.05) is 17.7 Å². The number of hydrogen-bond donors (Lipinski definition) is 1. The van der Waals surface area contributed by atoms with Gasteiger partial charge in [-0.25, -0.2) is 13.8 Å². The van der Waals surface area contributed by atoms with Crippen molar-refractivity contribution in [3.05, 3.63) is 76.3 Å². The number of hydrogen-bond acceptors (Lipinski definition) is 10. The highest BCUT2D eigenvalue weighted by Crippen LogP contribution is 2.37. The molecule has 13 nitrogen and oxygen atoms in total. The zero-order valence-electron chi connectivity index (χ0n) is 21.8. The molecule has 3 aromatic rings. The number of carbonyl (C=O) groups excluding carboxylic acids is 1. The Morgan fingerprint density at radius 2 is 1.77 bits per heavy atom. The third-order valence-electron chi connectivity index (χ3n) is 5.88. The molecule has 0 saturated carbocycles. The number of anilines is 1. The molecule has 3 aromatic carbocycles. The van der Waals surface area contributed by atoms with Crippen molar-refractivity contribution in [1.29, 1.82) is 0 Å². The lowest BCUT2D eigenvalue weighted by molar-refractivity contribution is -0.387. The van der Waals surface area contributed by atoms with Crippen molar-refractivity contribution in [2.45, 2.75) is 11.8 Å². The zero-order valence-corrected chi connectivity index (χ0v) is 22.6. The van der Waals surface area contributed by atoms with Crippen LogP contribution in [0.4, 0.5) is 11.4 Å². The van der Waals surface area contributed by atoms with E-state index >= 15 is 0 Å². The first-order chi connectivity index (χ1) is 19.1. The molecule has 40 heavy (non-hydrogen) atoms. The summed E-state index contributed by atoms with van der Waals surface area (Å²) >= 11 is 0. The number of ether oxygens (including phenoxy) is 4. The van der Waals surface area contributed by atoms with Gasteiger partial charge >= 0.3 is 0 Å². The molecule has 210 valence electrons. The largest absolute Gasteiger partial charge is 0.497 e. The van der Waals surface area contributed by atoms with Crippen molar-refractivity contribution in [2.24, 2.45) is 5.10 Å². The standard InChI is InChI=1S/C26H26N4O9S/c1-17(18-8-11-22-24(14-18)39-13-12-38-22)27-28-26(31)16-29(20-10-9-19(36-2)15-23(20)37-3)40(34,35)25-7-5-4-6-21(25)30(32)33/h4-11,14-15H,12-13,16H2,1-3H3,(H,28,31). The van der Waals surface area contributed by atoms with Gasteiger partial charge in [0.05, 0.1) is 30.5 Å². The molecule has 0 fully saturated rings. The Labute approximate surface area is 230 Å². The van der Waals surface area contributed by atoms with Gasteiger partial charge in [0.1, 0.15) is 31.3 Å². The Kier molecular flexibility index (Phi) is 8.38. The van der Waals surface area contributed by atoms with Crippen LogP contribution in [0.2, 0.25) is 0 Å². The number of methoxy groups -OCH3 is 2. The molecule has 0 aliphatic carbocycles. The number of nitro benzene ring substituents is 1. The van der Waals surface area contributed by atoms with Crippen LogP contribution in [-0.4, -0.2) is 58.9 Å². The van der Waals surface area contributed by atoms with Gasteiger partial charge in [-0.1, -0.05) is 12.1 Å². The predicted molar refractivity (Wildman–Crippen MR) is 145 cm³/mol. The number of rotatable bonds is 10. The van der Waals surface area contributed by atoms with E-state index in [0.29, 0.717) is 41.7 Å². The summed E-state index contributed by atoms with van der Waals surface area (Å²) in [5, 5.41) is 15.7. The fourth-order valence-electron chi connectivity index (χ4n) is 3.88. The van der Waals surface area contributed by atoms with Gasteiger partial charge in [-0.2, -0.15) is 5.10 Å². The molecule has 1 aliphatic heterocycles. The maximum absolute atomic E-state index is 13.8. The summed E-state index contributed by atoms with van der Waals surface area (Å²) in [6.45, 7) is 1.73. The lowest BCUT2D eigenvalue weighted by Crippen LogP contribution is -2.40. The van der Waals surface area contributed by atoms with E-state index < -0.39 is 38.0 Å². The van der Waals surface area contributed by atoms with Gasteiger partial charge in [0.2, 0.25) is 0 Å². The van der Waals surface area contributed by atoms with Crippen LogP contribution in [0.5, 0.6) is 23.0 Å². The van der Waals surface area contributed by atoms with Crippen molar-refractivity contribution < 1.29 is 37.1 Å². The first kappa shape index (κ1) is 28.2. The van der Waals surface area contributed by atoms with Crippen LogP contribution in [0, 0.1) is 10.1 Å². The second kappa shape index (κ2) is 11.9. The van der Waals surface area contributed by atoms with Gasteiger partial charge < -0.3 is 18.9 Å². The minimum Gasteiger partial charge on any atom is -0.497 e. The molecule has 0 radical (unpaired) electrons. The quantitative estimate of drug-likeness (QED) is 0.219. The summed E-state index contributed by atoms with van der Waals surface area (Å²) in [4.78, 5) is 23.3. The first-order valence-electron chi connectivity index (χ1n) is 11.9. The SMILES string of the molecule is COc1ccc(N(CC(=O)NN=C(C)c2ccc3c(c2)OCCO3)S(=O)(=O)c2ccccc2[N+](=O)[O-])c(OC)c1. The zero-order chi connectivity index (χ0) is 28.9. The highest BCUT2D eigenvalue weighted by atomic mass is 32.2. The fourth-order valence-corrected chi connectivity index (χ4v) is 5.47. The first-order valence-corrected chi connectivity index (χ1v) is 13.3. The van der Waals surface area contributed by atoms with Crippen molar-refractivity contribution >= 4 is 33.0 Å². The summed E-state index contributed by atoms with van der Waals surface area (Å²) in [5.74, 6) is 0.754. The number of amides is 1. The second-order valence-corrected chi connectivity index (χ2v) is 10.2. The van der Waals surface area contributed by atoms with E-state index in [9.17, 15) is 23.3 Å². The molecule has 0 bridgehead atoms. The highest BCUT2D eigenvalue weighted by Gasteiger charge is 2.34. The van der Waals surface area contributed by atoms with Gasteiger partial charge in [-0.3, -0.25) is 19.2 Å². The van der Waals surface area contributed by atoms with Gasteiger partial charge in [0.25, 0.3) is 21.6 Å². The fraction of sp³-hybridized carbons (Fsp3) is 0.231. The van der Waals surface area contributed by atoms with Crippen molar-refractivity contribution in [1.82, 2.24) is 5.43 Å². The monoisotopic (exact) mass is 570 g/mol. The highest BCUT2D eigenvalue weighted by molar-refractivity contribution is 7.93. The lowest BCUT2D eigenvalue weighted by Gasteiger charge is -2.25. The van der Waals surface area contributed by atoms with Crippen LogP contribution in [0.1, 0.15) is 12.5 Å². The molecular weight excluding hydrogens is 544 g/mol. The number of para-hydroxylation sites is 1. The molecule has 0 spiro atoms. The van der Waals surface area contributed by atoms with E-state index in [4.69, 9.17) is 18.9 Å². The number of nitrogens with zero attached hydrogens (tertiary/aromatic N) is 3. The van der Waals surface area contributed by atoms with E-state index in [1.165, 1.54) is 44.6 Å². The smallest absolute Gasteiger partial charge is 0.289 e. The Balaban J connectivity index is 1.67. The van der Waals surface area contributed by atoms with E-state index in [1.54, 1.807) is 25.1 Å². The number of nitro groups is 1. The molecule has 0 aromatic heterocycles. The average Bonchev–Trinajstić information content (AvgIpc) is 2.97. The minimum atomic E-state index is -4.65. The maximum atomic E-state index is 13.8. The Morgan fingerprint density at radius 3 is 2.48 bits per heavy atom. The molecule has 0 saturated heterocycles. The average molecular weight is 571 g/mol. The number of hydrazone groups is 1. The molecule has 0 atom stereocenters. The molecule has 14 heteroatoms.